The zero-order valence-corrected chi connectivity index (χ0v) is 10.4. The molecule has 100 valence electrons. The van der Waals surface area contributed by atoms with Gasteiger partial charge in [0.2, 0.25) is 0 Å². The molecule has 0 saturated heterocycles. The summed E-state index contributed by atoms with van der Waals surface area (Å²) >= 11 is 0. The molecule has 5 nitrogen and oxygen atoms in total. The van der Waals surface area contributed by atoms with Crippen molar-refractivity contribution in [3.8, 4) is 5.75 Å². The SMILES string of the molecule is CCOc1ccc(NC(=O)NC(C)CO)cc1F. The van der Waals surface area contributed by atoms with Crippen LogP contribution in [0.5, 0.6) is 5.75 Å². The van der Waals surface area contributed by atoms with Crippen LogP contribution >= 0.6 is 0 Å². The first-order valence-corrected chi connectivity index (χ1v) is 5.67. The van der Waals surface area contributed by atoms with Crippen LogP contribution in [0.3, 0.4) is 0 Å². The van der Waals surface area contributed by atoms with Crippen LogP contribution in [-0.4, -0.2) is 30.4 Å². The van der Waals surface area contributed by atoms with Crippen molar-refractivity contribution in [1.82, 2.24) is 5.32 Å². The minimum atomic E-state index is -0.537. The molecule has 0 bridgehead atoms. The highest BCUT2D eigenvalue weighted by Gasteiger charge is 2.08. The molecule has 1 aromatic carbocycles. The summed E-state index contributed by atoms with van der Waals surface area (Å²) in [5, 5.41) is 13.7. The third kappa shape index (κ3) is 4.21. The smallest absolute Gasteiger partial charge is 0.319 e. The van der Waals surface area contributed by atoms with E-state index < -0.39 is 11.8 Å². The highest BCUT2D eigenvalue weighted by atomic mass is 19.1. The van der Waals surface area contributed by atoms with Gasteiger partial charge in [-0.1, -0.05) is 0 Å². The van der Waals surface area contributed by atoms with Crippen LogP contribution in [0.1, 0.15) is 13.8 Å². The normalized spacial score (nSPS) is 11.8. The Labute approximate surface area is 105 Å². The molecule has 0 aliphatic heterocycles. The van der Waals surface area contributed by atoms with Crippen molar-refractivity contribution in [2.75, 3.05) is 18.5 Å². The number of halogens is 1. The molecule has 1 atom stereocenters. The van der Waals surface area contributed by atoms with Crippen LogP contribution < -0.4 is 15.4 Å². The first-order chi connectivity index (χ1) is 8.56. The van der Waals surface area contributed by atoms with Crippen molar-refractivity contribution in [2.24, 2.45) is 0 Å². The highest BCUT2D eigenvalue weighted by Crippen LogP contribution is 2.20. The quantitative estimate of drug-likeness (QED) is 0.751. The largest absolute Gasteiger partial charge is 0.491 e. The Kier molecular flexibility index (Phi) is 5.38. The lowest BCUT2D eigenvalue weighted by Gasteiger charge is -2.12. The number of amides is 2. The molecule has 0 saturated carbocycles. The van der Waals surface area contributed by atoms with Crippen LogP contribution in [0, 0.1) is 5.82 Å². The molecule has 0 aliphatic rings. The van der Waals surface area contributed by atoms with Crippen LogP contribution in [0.4, 0.5) is 14.9 Å². The summed E-state index contributed by atoms with van der Waals surface area (Å²) in [6.07, 6.45) is 0. The Balaban J connectivity index is 2.63. The maximum atomic E-state index is 13.5. The van der Waals surface area contributed by atoms with E-state index in [4.69, 9.17) is 9.84 Å². The topological polar surface area (TPSA) is 70.6 Å². The molecular formula is C12H17FN2O3. The number of aliphatic hydroxyl groups is 1. The molecule has 1 aromatic rings. The number of nitrogens with one attached hydrogen (secondary N) is 2. The van der Waals surface area contributed by atoms with Crippen molar-refractivity contribution in [3.63, 3.8) is 0 Å². The predicted octanol–water partition coefficient (Wildman–Crippen LogP) is 1.73. The monoisotopic (exact) mass is 256 g/mol. The Morgan fingerprint density at radius 3 is 2.83 bits per heavy atom. The van der Waals surface area contributed by atoms with E-state index in [2.05, 4.69) is 10.6 Å². The number of benzene rings is 1. The van der Waals surface area contributed by atoms with Gasteiger partial charge in [-0.05, 0) is 26.0 Å². The Bertz CT molecular complexity index is 412. The summed E-state index contributed by atoms with van der Waals surface area (Å²) < 4.78 is 18.5. The van der Waals surface area contributed by atoms with Gasteiger partial charge in [0.1, 0.15) is 0 Å². The molecule has 18 heavy (non-hydrogen) atoms. The van der Waals surface area contributed by atoms with E-state index in [-0.39, 0.29) is 18.4 Å². The van der Waals surface area contributed by atoms with Crippen molar-refractivity contribution >= 4 is 11.7 Å². The minimum Gasteiger partial charge on any atom is -0.491 e. The fourth-order valence-electron chi connectivity index (χ4n) is 1.29. The number of anilines is 1. The van der Waals surface area contributed by atoms with Gasteiger partial charge in [-0.2, -0.15) is 0 Å². The van der Waals surface area contributed by atoms with Gasteiger partial charge < -0.3 is 20.5 Å². The average Bonchev–Trinajstić information content (AvgIpc) is 2.32. The van der Waals surface area contributed by atoms with E-state index in [9.17, 15) is 9.18 Å². The molecule has 1 unspecified atom stereocenters. The third-order valence-electron chi connectivity index (χ3n) is 2.14. The zero-order valence-electron chi connectivity index (χ0n) is 10.4. The summed E-state index contributed by atoms with van der Waals surface area (Å²) in [7, 11) is 0. The van der Waals surface area contributed by atoms with Gasteiger partial charge in [-0.25, -0.2) is 9.18 Å². The van der Waals surface area contributed by atoms with E-state index in [1.54, 1.807) is 13.8 Å². The minimum absolute atomic E-state index is 0.146. The molecule has 2 amide bonds. The maximum absolute atomic E-state index is 13.5. The van der Waals surface area contributed by atoms with E-state index in [0.29, 0.717) is 12.3 Å². The van der Waals surface area contributed by atoms with Gasteiger partial charge in [-0.3, -0.25) is 0 Å². The van der Waals surface area contributed by atoms with Crippen molar-refractivity contribution in [1.29, 1.82) is 0 Å². The van der Waals surface area contributed by atoms with E-state index in [0.717, 1.165) is 0 Å². The number of aliphatic hydroxyl groups excluding tert-OH is 1. The molecule has 6 heteroatoms. The highest BCUT2D eigenvalue weighted by molar-refractivity contribution is 5.89. The van der Waals surface area contributed by atoms with Gasteiger partial charge >= 0.3 is 6.03 Å². The summed E-state index contributed by atoms with van der Waals surface area (Å²) in [4.78, 5) is 11.4. The van der Waals surface area contributed by atoms with Gasteiger partial charge in [0.15, 0.2) is 11.6 Å². The Morgan fingerprint density at radius 1 is 1.56 bits per heavy atom. The number of hydrogen-bond donors (Lipinski definition) is 3. The summed E-state index contributed by atoms with van der Waals surface area (Å²) in [6.45, 7) is 3.62. The molecule has 0 aromatic heterocycles. The van der Waals surface area contributed by atoms with E-state index in [1.165, 1.54) is 18.2 Å². The summed E-state index contributed by atoms with van der Waals surface area (Å²) in [5.41, 5.74) is 0.318. The average molecular weight is 256 g/mol. The Hall–Kier alpha value is -1.82. The lowest BCUT2D eigenvalue weighted by atomic mass is 10.3. The maximum Gasteiger partial charge on any atom is 0.319 e. The van der Waals surface area contributed by atoms with E-state index in [1.807, 2.05) is 0 Å². The Morgan fingerprint density at radius 2 is 2.28 bits per heavy atom. The fourth-order valence-corrected chi connectivity index (χ4v) is 1.29. The number of carbonyl (C=O) groups is 1. The van der Waals surface area contributed by atoms with Gasteiger partial charge in [-0.15, -0.1) is 0 Å². The molecule has 0 radical (unpaired) electrons. The molecule has 0 spiro atoms. The third-order valence-corrected chi connectivity index (χ3v) is 2.14. The van der Waals surface area contributed by atoms with Crippen LogP contribution in [0.25, 0.3) is 0 Å². The van der Waals surface area contributed by atoms with Crippen LogP contribution in [0.2, 0.25) is 0 Å². The van der Waals surface area contributed by atoms with Gasteiger partial charge in [0.25, 0.3) is 0 Å². The van der Waals surface area contributed by atoms with Crippen molar-refractivity contribution in [3.05, 3.63) is 24.0 Å². The second-order valence-corrected chi connectivity index (χ2v) is 3.76. The lowest BCUT2D eigenvalue weighted by molar-refractivity contribution is 0.229. The molecule has 0 aliphatic carbocycles. The number of ether oxygens (including phenoxy) is 1. The van der Waals surface area contributed by atoms with Crippen LogP contribution in [-0.2, 0) is 0 Å². The van der Waals surface area contributed by atoms with Gasteiger partial charge in [0.05, 0.1) is 19.3 Å². The van der Waals surface area contributed by atoms with Gasteiger partial charge in [0, 0.05) is 11.8 Å². The summed E-state index contributed by atoms with van der Waals surface area (Å²) in [6, 6.07) is 3.30. The van der Waals surface area contributed by atoms with Crippen molar-refractivity contribution in [2.45, 2.75) is 19.9 Å². The number of urea groups is 1. The molecule has 1 rings (SSSR count). The number of carbonyl (C=O) groups excluding carboxylic acids is 1. The van der Waals surface area contributed by atoms with Crippen molar-refractivity contribution < 1.29 is 19.0 Å². The first kappa shape index (κ1) is 14.2. The second kappa shape index (κ2) is 6.80. The van der Waals surface area contributed by atoms with E-state index >= 15 is 0 Å². The number of rotatable bonds is 5. The fraction of sp³-hybridized carbons (Fsp3) is 0.417. The number of hydrogen-bond acceptors (Lipinski definition) is 3. The van der Waals surface area contributed by atoms with Crippen LogP contribution in [0.15, 0.2) is 18.2 Å². The molecular weight excluding hydrogens is 239 g/mol. The molecule has 3 N–H and O–H groups in total. The second-order valence-electron chi connectivity index (χ2n) is 3.76. The predicted molar refractivity (Wildman–Crippen MR) is 66.3 cm³/mol. The lowest BCUT2D eigenvalue weighted by Crippen LogP contribution is -2.38. The molecule has 0 fully saturated rings. The first-order valence-electron chi connectivity index (χ1n) is 5.67. The zero-order chi connectivity index (χ0) is 13.5. The standard InChI is InChI=1S/C12H17FN2O3/c1-3-18-11-5-4-9(6-10(11)13)15-12(17)14-8(2)7-16/h4-6,8,16H,3,7H2,1-2H3,(H2,14,15,17). The molecule has 0 heterocycles. The summed E-state index contributed by atoms with van der Waals surface area (Å²) in [5.74, 6) is -0.392.